The van der Waals surface area contributed by atoms with Crippen LogP contribution in [0.2, 0.25) is 0 Å². The highest BCUT2D eigenvalue weighted by Gasteiger charge is 2.12. The quantitative estimate of drug-likeness (QED) is 0.778. The number of aliphatic hydroxyl groups is 1. The second-order valence-electron chi connectivity index (χ2n) is 6.05. The molecule has 0 aliphatic carbocycles. The number of aryl methyl sites for hydroxylation is 1. The third-order valence-corrected chi connectivity index (χ3v) is 3.79. The zero-order valence-corrected chi connectivity index (χ0v) is 14.0. The van der Waals surface area contributed by atoms with Gasteiger partial charge in [0.15, 0.2) is 11.7 Å². The fraction of sp³-hybridized carbons (Fsp3) is 0.444. The lowest BCUT2D eigenvalue weighted by Gasteiger charge is -2.14. The average molecular weight is 334 g/mol. The standard InChI is InChI=1S/C18H23FN2O3/c1-12(2)15(22)9-10-20-17(23)7-8-18-21-11-16(24-18)13-5-3-4-6-14(13)19/h3-6,11-12,15,22H,7-10H2,1-2H3,(H,20,23). The molecule has 1 aromatic heterocycles. The minimum absolute atomic E-state index is 0.128. The molecule has 0 bridgehead atoms. The molecule has 5 nitrogen and oxygen atoms in total. The van der Waals surface area contributed by atoms with Gasteiger partial charge in [0.05, 0.1) is 17.9 Å². The van der Waals surface area contributed by atoms with Gasteiger partial charge in [0.1, 0.15) is 5.82 Å². The van der Waals surface area contributed by atoms with Crippen molar-refractivity contribution in [2.45, 2.75) is 39.2 Å². The molecule has 0 aliphatic heterocycles. The first-order chi connectivity index (χ1) is 11.5. The number of halogens is 1. The maximum atomic E-state index is 13.7. The van der Waals surface area contributed by atoms with Crippen LogP contribution in [0.5, 0.6) is 0 Å². The number of hydrogen-bond acceptors (Lipinski definition) is 4. The average Bonchev–Trinajstić information content (AvgIpc) is 3.02. The van der Waals surface area contributed by atoms with Gasteiger partial charge >= 0.3 is 0 Å². The summed E-state index contributed by atoms with van der Waals surface area (Å²) >= 11 is 0. The Kier molecular flexibility index (Phi) is 6.49. The van der Waals surface area contributed by atoms with Crippen LogP contribution in [0.1, 0.15) is 32.6 Å². The van der Waals surface area contributed by atoms with Crippen molar-refractivity contribution < 1.29 is 18.7 Å². The highest BCUT2D eigenvalue weighted by molar-refractivity contribution is 5.76. The third kappa shape index (κ3) is 5.16. The zero-order chi connectivity index (χ0) is 17.5. The molecule has 2 rings (SSSR count). The van der Waals surface area contributed by atoms with Gasteiger partial charge in [-0.1, -0.05) is 26.0 Å². The van der Waals surface area contributed by atoms with Crippen LogP contribution >= 0.6 is 0 Å². The molecule has 6 heteroatoms. The number of carbonyl (C=O) groups is 1. The van der Waals surface area contributed by atoms with Crippen molar-refractivity contribution in [1.29, 1.82) is 0 Å². The minimum Gasteiger partial charge on any atom is -0.441 e. The van der Waals surface area contributed by atoms with Crippen LogP contribution in [-0.2, 0) is 11.2 Å². The van der Waals surface area contributed by atoms with E-state index in [-0.39, 0.29) is 24.1 Å². The molecule has 1 heterocycles. The van der Waals surface area contributed by atoms with E-state index in [1.54, 1.807) is 18.2 Å². The van der Waals surface area contributed by atoms with Crippen molar-refractivity contribution in [1.82, 2.24) is 10.3 Å². The first-order valence-electron chi connectivity index (χ1n) is 8.11. The molecular formula is C18H23FN2O3. The van der Waals surface area contributed by atoms with Gasteiger partial charge in [-0.05, 0) is 24.5 Å². The molecule has 0 aliphatic rings. The van der Waals surface area contributed by atoms with E-state index in [2.05, 4.69) is 10.3 Å². The molecule has 1 unspecified atom stereocenters. The Morgan fingerprint density at radius 2 is 2.12 bits per heavy atom. The van der Waals surface area contributed by atoms with Gasteiger partial charge in [-0.2, -0.15) is 0 Å². The summed E-state index contributed by atoms with van der Waals surface area (Å²) in [7, 11) is 0. The van der Waals surface area contributed by atoms with Crippen LogP contribution in [0.15, 0.2) is 34.9 Å². The summed E-state index contributed by atoms with van der Waals surface area (Å²) < 4.78 is 19.2. The van der Waals surface area contributed by atoms with Crippen LogP contribution in [0.25, 0.3) is 11.3 Å². The third-order valence-electron chi connectivity index (χ3n) is 3.79. The molecular weight excluding hydrogens is 311 g/mol. The summed E-state index contributed by atoms with van der Waals surface area (Å²) in [5, 5.41) is 12.4. The lowest BCUT2D eigenvalue weighted by atomic mass is 10.0. The molecule has 0 fully saturated rings. The summed E-state index contributed by atoms with van der Waals surface area (Å²) in [5.41, 5.74) is 0.350. The number of aliphatic hydroxyl groups excluding tert-OH is 1. The minimum atomic E-state index is -0.416. The Morgan fingerprint density at radius 3 is 2.83 bits per heavy atom. The fourth-order valence-electron chi connectivity index (χ4n) is 2.21. The Bertz CT molecular complexity index is 670. The van der Waals surface area contributed by atoms with E-state index in [4.69, 9.17) is 4.42 Å². The Labute approximate surface area is 140 Å². The molecule has 2 N–H and O–H groups in total. The van der Waals surface area contributed by atoms with E-state index in [0.29, 0.717) is 36.6 Å². The topological polar surface area (TPSA) is 75.4 Å². The van der Waals surface area contributed by atoms with Crippen molar-refractivity contribution in [2.24, 2.45) is 5.92 Å². The van der Waals surface area contributed by atoms with Crippen molar-refractivity contribution in [3.8, 4) is 11.3 Å². The molecule has 1 amide bonds. The predicted molar refractivity (Wildman–Crippen MR) is 88.7 cm³/mol. The molecule has 0 spiro atoms. The second-order valence-corrected chi connectivity index (χ2v) is 6.05. The SMILES string of the molecule is CC(C)C(O)CCNC(=O)CCc1ncc(-c2ccccc2F)o1. The van der Waals surface area contributed by atoms with Gasteiger partial charge in [0.25, 0.3) is 0 Å². The lowest BCUT2D eigenvalue weighted by molar-refractivity contribution is -0.121. The van der Waals surface area contributed by atoms with Gasteiger partial charge in [0.2, 0.25) is 5.91 Å². The number of aromatic nitrogens is 1. The van der Waals surface area contributed by atoms with E-state index in [1.807, 2.05) is 13.8 Å². The Balaban J connectivity index is 1.79. The largest absolute Gasteiger partial charge is 0.441 e. The maximum Gasteiger partial charge on any atom is 0.220 e. The Morgan fingerprint density at radius 1 is 1.38 bits per heavy atom. The number of rotatable bonds is 8. The monoisotopic (exact) mass is 334 g/mol. The molecule has 1 aromatic carbocycles. The maximum absolute atomic E-state index is 13.7. The van der Waals surface area contributed by atoms with E-state index in [1.165, 1.54) is 12.3 Å². The summed E-state index contributed by atoms with van der Waals surface area (Å²) in [5.74, 6) is 0.415. The van der Waals surface area contributed by atoms with Gasteiger partial charge < -0.3 is 14.8 Å². The van der Waals surface area contributed by atoms with Gasteiger partial charge in [0, 0.05) is 19.4 Å². The normalized spacial score (nSPS) is 12.4. The lowest BCUT2D eigenvalue weighted by Crippen LogP contribution is -2.28. The fourth-order valence-corrected chi connectivity index (χ4v) is 2.21. The van der Waals surface area contributed by atoms with Crippen molar-refractivity contribution in [3.63, 3.8) is 0 Å². The zero-order valence-electron chi connectivity index (χ0n) is 14.0. The molecule has 2 aromatic rings. The number of oxazole rings is 1. The Hall–Kier alpha value is -2.21. The van der Waals surface area contributed by atoms with Crippen molar-refractivity contribution in [3.05, 3.63) is 42.2 Å². The molecule has 24 heavy (non-hydrogen) atoms. The first-order valence-corrected chi connectivity index (χ1v) is 8.11. The molecule has 0 radical (unpaired) electrons. The van der Waals surface area contributed by atoms with E-state index >= 15 is 0 Å². The van der Waals surface area contributed by atoms with Crippen LogP contribution in [0, 0.1) is 11.7 Å². The van der Waals surface area contributed by atoms with Crippen LogP contribution in [0.3, 0.4) is 0 Å². The second kappa shape index (κ2) is 8.59. The summed E-state index contributed by atoms with van der Waals surface area (Å²) in [6, 6.07) is 6.30. The molecule has 0 saturated heterocycles. The molecule has 130 valence electrons. The van der Waals surface area contributed by atoms with E-state index < -0.39 is 6.10 Å². The van der Waals surface area contributed by atoms with Crippen molar-refractivity contribution in [2.75, 3.05) is 6.54 Å². The van der Waals surface area contributed by atoms with E-state index in [0.717, 1.165) is 0 Å². The van der Waals surface area contributed by atoms with Gasteiger partial charge in [-0.15, -0.1) is 0 Å². The van der Waals surface area contributed by atoms with Gasteiger partial charge in [-0.3, -0.25) is 4.79 Å². The molecule has 1 atom stereocenters. The number of nitrogens with one attached hydrogen (secondary N) is 1. The van der Waals surface area contributed by atoms with Crippen LogP contribution < -0.4 is 5.32 Å². The number of benzene rings is 1. The number of nitrogens with zero attached hydrogens (tertiary/aromatic N) is 1. The number of hydrogen-bond donors (Lipinski definition) is 2. The summed E-state index contributed by atoms with van der Waals surface area (Å²) in [6.07, 6.45) is 2.15. The highest BCUT2D eigenvalue weighted by Crippen LogP contribution is 2.23. The van der Waals surface area contributed by atoms with E-state index in [9.17, 15) is 14.3 Å². The first kappa shape index (κ1) is 18.1. The van der Waals surface area contributed by atoms with Crippen LogP contribution in [0.4, 0.5) is 4.39 Å². The predicted octanol–water partition coefficient (Wildman–Crippen LogP) is 2.94. The number of amides is 1. The highest BCUT2D eigenvalue weighted by atomic mass is 19.1. The van der Waals surface area contributed by atoms with Crippen LogP contribution in [-0.4, -0.2) is 28.6 Å². The smallest absolute Gasteiger partial charge is 0.220 e. The number of carbonyl (C=O) groups excluding carboxylic acids is 1. The van der Waals surface area contributed by atoms with Crippen molar-refractivity contribution >= 4 is 5.91 Å². The van der Waals surface area contributed by atoms with Gasteiger partial charge in [-0.25, -0.2) is 9.37 Å². The summed E-state index contributed by atoms with van der Waals surface area (Å²) in [6.45, 7) is 4.30. The summed E-state index contributed by atoms with van der Waals surface area (Å²) in [4.78, 5) is 15.9. The molecule has 0 saturated carbocycles.